The van der Waals surface area contributed by atoms with Crippen LogP contribution in [0.5, 0.6) is 0 Å². The highest BCUT2D eigenvalue weighted by Gasteiger charge is 2.11. The van der Waals surface area contributed by atoms with E-state index in [1.807, 2.05) is 0 Å². The molecule has 0 aliphatic heterocycles. The van der Waals surface area contributed by atoms with Crippen molar-refractivity contribution in [3.8, 4) is 0 Å². The van der Waals surface area contributed by atoms with Crippen molar-refractivity contribution in [2.45, 2.75) is 34.1 Å². The van der Waals surface area contributed by atoms with Gasteiger partial charge < -0.3 is 0 Å². The molecule has 0 unspecified atom stereocenters. The van der Waals surface area contributed by atoms with Gasteiger partial charge in [-0.1, -0.05) is 45.4 Å². The average molecular weight is 150 g/mol. The van der Waals surface area contributed by atoms with Crippen molar-refractivity contribution in [1.29, 1.82) is 0 Å². The van der Waals surface area contributed by atoms with Gasteiger partial charge in [0, 0.05) is 0 Å². The second-order valence-electron chi connectivity index (χ2n) is 3.94. The van der Waals surface area contributed by atoms with Gasteiger partial charge in [-0.05, 0) is 23.8 Å². The van der Waals surface area contributed by atoms with Crippen LogP contribution in [0.15, 0.2) is 23.3 Å². The van der Waals surface area contributed by atoms with Crippen molar-refractivity contribution < 1.29 is 0 Å². The fourth-order valence-corrected chi connectivity index (χ4v) is 1.37. The van der Waals surface area contributed by atoms with E-state index in [0.29, 0.717) is 5.92 Å². The van der Waals surface area contributed by atoms with Crippen molar-refractivity contribution in [2.75, 3.05) is 0 Å². The summed E-state index contributed by atoms with van der Waals surface area (Å²) in [5, 5.41) is 0. The molecular formula is C11H18. The Balaban J connectivity index is 2.63. The Hall–Kier alpha value is -0.520. The summed E-state index contributed by atoms with van der Waals surface area (Å²) < 4.78 is 0. The van der Waals surface area contributed by atoms with E-state index in [4.69, 9.17) is 0 Å². The maximum absolute atomic E-state index is 2.37. The SMILES string of the molecule is CC(C)C1=CCC(C(C)C)=C1. The van der Waals surface area contributed by atoms with E-state index in [0.717, 1.165) is 5.92 Å². The second kappa shape index (κ2) is 3.25. The summed E-state index contributed by atoms with van der Waals surface area (Å²) in [6.45, 7) is 9.04. The van der Waals surface area contributed by atoms with Gasteiger partial charge in [0.1, 0.15) is 0 Å². The second-order valence-corrected chi connectivity index (χ2v) is 3.94. The molecule has 0 radical (unpaired) electrons. The minimum Gasteiger partial charge on any atom is -0.0770 e. The number of hydrogen-bond acceptors (Lipinski definition) is 0. The Kier molecular flexibility index (Phi) is 2.53. The number of hydrogen-bond donors (Lipinski definition) is 0. The van der Waals surface area contributed by atoms with Crippen LogP contribution in [0.3, 0.4) is 0 Å². The summed E-state index contributed by atoms with van der Waals surface area (Å²) in [6, 6.07) is 0. The van der Waals surface area contributed by atoms with Crippen molar-refractivity contribution in [3.63, 3.8) is 0 Å². The third kappa shape index (κ3) is 1.95. The largest absolute Gasteiger partial charge is 0.0770 e. The van der Waals surface area contributed by atoms with Gasteiger partial charge >= 0.3 is 0 Å². The quantitative estimate of drug-likeness (QED) is 0.564. The first kappa shape index (κ1) is 8.58. The van der Waals surface area contributed by atoms with Crippen LogP contribution in [0.4, 0.5) is 0 Å². The maximum Gasteiger partial charge on any atom is -0.0127 e. The topological polar surface area (TPSA) is 0 Å². The smallest absolute Gasteiger partial charge is 0.0127 e. The summed E-state index contributed by atoms with van der Waals surface area (Å²) in [5.74, 6) is 1.42. The zero-order chi connectivity index (χ0) is 8.43. The van der Waals surface area contributed by atoms with Gasteiger partial charge in [-0.25, -0.2) is 0 Å². The highest BCUT2D eigenvalue weighted by Crippen LogP contribution is 2.27. The standard InChI is InChI=1S/C11H18/c1-8(2)10-5-6-11(7-10)9(3)4/h5,7-9H,6H2,1-4H3. The molecule has 0 heteroatoms. The van der Waals surface area contributed by atoms with Gasteiger partial charge in [0.25, 0.3) is 0 Å². The monoisotopic (exact) mass is 150 g/mol. The van der Waals surface area contributed by atoms with E-state index in [1.165, 1.54) is 12.0 Å². The summed E-state index contributed by atoms with van der Waals surface area (Å²) >= 11 is 0. The third-order valence-electron chi connectivity index (χ3n) is 2.33. The molecule has 62 valence electrons. The molecule has 0 bridgehead atoms. The lowest BCUT2D eigenvalue weighted by Gasteiger charge is -2.04. The van der Waals surface area contributed by atoms with E-state index in [9.17, 15) is 0 Å². The normalized spacial score (nSPS) is 17.6. The van der Waals surface area contributed by atoms with E-state index in [-0.39, 0.29) is 0 Å². The lowest BCUT2D eigenvalue weighted by atomic mass is 10.0. The van der Waals surface area contributed by atoms with Crippen LogP contribution >= 0.6 is 0 Å². The van der Waals surface area contributed by atoms with E-state index < -0.39 is 0 Å². The molecular weight excluding hydrogens is 132 g/mol. The first-order valence-electron chi connectivity index (χ1n) is 4.51. The van der Waals surface area contributed by atoms with E-state index in [2.05, 4.69) is 39.8 Å². The van der Waals surface area contributed by atoms with Crippen LogP contribution in [0.25, 0.3) is 0 Å². The highest BCUT2D eigenvalue weighted by molar-refractivity contribution is 5.34. The zero-order valence-corrected chi connectivity index (χ0v) is 8.02. The molecule has 0 nitrogen and oxygen atoms in total. The van der Waals surface area contributed by atoms with Crippen LogP contribution in [0.2, 0.25) is 0 Å². The van der Waals surface area contributed by atoms with Crippen LogP contribution in [0.1, 0.15) is 34.1 Å². The van der Waals surface area contributed by atoms with Gasteiger partial charge in [-0.3, -0.25) is 0 Å². The predicted molar refractivity (Wildman–Crippen MR) is 50.5 cm³/mol. The molecule has 0 amide bonds. The molecule has 0 saturated heterocycles. The predicted octanol–water partition coefficient (Wildman–Crippen LogP) is 3.55. The minimum atomic E-state index is 0.700. The maximum atomic E-state index is 2.37. The Morgan fingerprint density at radius 3 is 2.00 bits per heavy atom. The summed E-state index contributed by atoms with van der Waals surface area (Å²) in [6.07, 6.45) is 5.92. The molecule has 0 fully saturated rings. The van der Waals surface area contributed by atoms with Gasteiger partial charge in [0.15, 0.2) is 0 Å². The summed E-state index contributed by atoms with van der Waals surface area (Å²) in [4.78, 5) is 0. The lowest BCUT2D eigenvalue weighted by molar-refractivity contribution is 0.751. The fraction of sp³-hybridized carbons (Fsp3) is 0.636. The van der Waals surface area contributed by atoms with Gasteiger partial charge in [-0.2, -0.15) is 0 Å². The van der Waals surface area contributed by atoms with Gasteiger partial charge in [-0.15, -0.1) is 0 Å². The van der Waals surface area contributed by atoms with Crippen LogP contribution < -0.4 is 0 Å². The van der Waals surface area contributed by atoms with Crippen LogP contribution in [0, 0.1) is 11.8 Å². The van der Waals surface area contributed by atoms with Crippen molar-refractivity contribution >= 4 is 0 Å². The average Bonchev–Trinajstić information content (AvgIpc) is 2.33. The third-order valence-corrected chi connectivity index (χ3v) is 2.33. The zero-order valence-electron chi connectivity index (χ0n) is 8.02. The Bertz CT molecular complexity index is 192. The molecule has 0 heterocycles. The number of allylic oxidation sites excluding steroid dienone is 4. The Morgan fingerprint density at radius 1 is 1.09 bits per heavy atom. The van der Waals surface area contributed by atoms with Gasteiger partial charge in [0.05, 0.1) is 0 Å². The van der Waals surface area contributed by atoms with Crippen LogP contribution in [-0.4, -0.2) is 0 Å². The van der Waals surface area contributed by atoms with E-state index in [1.54, 1.807) is 5.57 Å². The first-order chi connectivity index (χ1) is 5.11. The van der Waals surface area contributed by atoms with Gasteiger partial charge in [0.2, 0.25) is 0 Å². The molecule has 0 saturated carbocycles. The Labute approximate surface area is 70.0 Å². The number of rotatable bonds is 2. The lowest BCUT2D eigenvalue weighted by Crippen LogP contribution is -1.90. The van der Waals surface area contributed by atoms with Crippen molar-refractivity contribution in [2.24, 2.45) is 11.8 Å². The summed E-state index contributed by atoms with van der Waals surface area (Å²) in [7, 11) is 0. The fourth-order valence-electron chi connectivity index (χ4n) is 1.37. The summed E-state index contributed by atoms with van der Waals surface area (Å²) in [5.41, 5.74) is 3.11. The minimum absolute atomic E-state index is 0.700. The molecule has 0 aromatic carbocycles. The molecule has 11 heavy (non-hydrogen) atoms. The molecule has 0 aromatic rings. The molecule has 0 spiro atoms. The molecule has 1 rings (SSSR count). The first-order valence-corrected chi connectivity index (χ1v) is 4.51. The molecule has 0 atom stereocenters. The van der Waals surface area contributed by atoms with Crippen molar-refractivity contribution in [1.82, 2.24) is 0 Å². The molecule has 0 N–H and O–H groups in total. The van der Waals surface area contributed by atoms with Crippen LogP contribution in [-0.2, 0) is 0 Å². The van der Waals surface area contributed by atoms with Crippen molar-refractivity contribution in [3.05, 3.63) is 23.3 Å². The Morgan fingerprint density at radius 2 is 1.73 bits per heavy atom. The molecule has 0 aromatic heterocycles. The highest BCUT2D eigenvalue weighted by atomic mass is 14.2. The van der Waals surface area contributed by atoms with E-state index >= 15 is 0 Å². The molecule has 1 aliphatic carbocycles. The molecule has 1 aliphatic rings.